The van der Waals surface area contributed by atoms with Crippen molar-refractivity contribution in [1.29, 1.82) is 0 Å². The Balaban J connectivity index is 2.03. The molecule has 2 aromatic rings. The fraction of sp³-hybridized carbons (Fsp3) is 0.250. The second-order valence-corrected chi connectivity index (χ2v) is 4.14. The van der Waals surface area contributed by atoms with Crippen LogP contribution >= 0.6 is 0 Å². The summed E-state index contributed by atoms with van der Waals surface area (Å²) >= 11 is 0. The number of amides is 1. The van der Waals surface area contributed by atoms with Gasteiger partial charge in [-0.25, -0.2) is 9.78 Å². The van der Waals surface area contributed by atoms with Gasteiger partial charge in [0, 0.05) is 11.3 Å². The Hall–Kier alpha value is -2.58. The minimum atomic E-state index is -4.56. The highest BCUT2D eigenvalue weighted by atomic mass is 19.4. The number of rotatable bonds is 3. The van der Waals surface area contributed by atoms with Crippen molar-refractivity contribution in [3.63, 3.8) is 0 Å². The first-order valence-electron chi connectivity index (χ1n) is 5.83. The molecule has 0 aliphatic rings. The van der Waals surface area contributed by atoms with E-state index in [1.165, 1.54) is 12.1 Å². The summed E-state index contributed by atoms with van der Waals surface area (Å²) in [6, 6.07) is 6.35. The average Bonchev–Trinajstić information content (AvgIpc) is 2.83. The number of hydrogen-bond donors (Lipinski definition) is 2. The number of benzene rings is 1. The molecule has 0 fully saturated rings. The van der Waals surface area contributed by atoms with Crippen molar-refractivity contribution >= 4 is 11.8 Å². The van der Waals surface area contributed by atoms with Crippen molar-refractivity contribution in [1.82, 2.24) is 15.2 Å². The molecule has 1 aromatic heterocycles. The maximum Gasteiger partial charge on any atom is 0.422 e. The van der Waals surface area contributed by atoms with Gasteiger partial charge >= 0.3 is 12.3 Å². The smallest absolute Gasteiger partial charge is 0.422 e. The van der Waals surface area contributed by atoms with E-state index in [9.17, 15) is 18.0 Å². The molecular formula is C12H11F3N4O2. The molecule has 0 bridgehead atoms. The number of nitrogens with one attached hydrogen (secondary N) is 2. The summed E-state index contributed by atoms with van der Waals surface area (Å²) < 4.78 is 39.8. The molecule has 0 atom stereocenters. The number of carbonyl (C=O) groups excluding carboxylic acids is 1. The molecule has 0 aliphatic heterocycles. The fourth-order valence-corrected chi connectivity index (χ4v) is 1.51. The maximum absolute atomic E-state index is 11.9. The van der Waals surface area contributed by atoms with E-state index in [0.717, 1.165) is 0 Å². The number of H-pyrrole nitrogens is 1. The number of nitrogens with zero attached hydrogens (tertiary/aromatic N) is 2. The number of carbonyl (C=O) groups is 1. The van der Waals surface area contributed by atoms with Crippen molar-refractivity contribution < 1.29 is 22.7 Å². The highest BCUT2D eigenvalue weighted by Gasteiger charge is 2.29. The molecule has 0 saturated carbocycles. The van der Waals surface area contributed by atoms with Gasteiger partial charge in [0.2, 0.25) is 0 Å². The molecule has 0 aliphatic carbocycles. The van der Waals surface area contributed by atoms with Crippen LogP contribution in [0.4, 0.5) is 23.7 Å². The van der Waals surface area contributed by atoms with Crippen LogP contribution in [-0.2, 0) is 4.74 Å². The summed E-state index contributed by atoms with van der Waals surface area (Å²) in [5.74, 6) is 1.03. The first-order chi connectivity index (χ1) is 9.83. The highest BCUT2D eigenvalue weighted by molar-refractivity contribution is 5.85. The monoisotopic (exact) mass is 300 g/mol. The first kappa shape index (κ1) is 14.8. The zero-order valence-corrected chi connectivity index (χ0v) is 10.9. The predicted molar refractivity (Wildman–Crippen MR) is 67.6 cm³/mol. The van der Waals surface area contributed by atoms with Crippen LogP contribution in [0, 0.1) is 6.92 Å². The van der Waals surface area contributed by atoms with Crippen molar-refractivity contribution in [3.05, 3.63) is 30.1 Å². The van der Waals surface area contributed by atoms with Crippen LogP contribution in [0.2, 0.25) is 0 Å². The average molecular weight is 300 g/mol. The Bertz CT molecular complexity index is 639. The van der Waals surface area contributed by atoms with Gasteiger partial charge in [-0.2, -0.15) is 18.3 Å². The summed E-state index contributed by atoms with van der Waals surface area (Å²) in [7, 11) is 0. The zero-order valence-electron chi connectivity index (χ0n) is 10.9. The largest absolute Gasteiger partial charge is 0.440 e. The van der Waals surface area contributed by atoms with Gasteiger partial charge in [-0.1, -0.05) is 12.1 Å². The van der Waals surface area contributed by atoms with Crippen LogP contribution in [-0.4, -0.2) is 34.1 Å². The third-order valence-corrected chi connectivity index (χ3v) is 2.33. The van der Waals surface area contributed by atoms with E-state index in [2.05, 4.69) is 25.2 Å². The maximum atomic E-state index is 11.9. The van der Waals surface area contributed by atoms with Gasteiger partial charge in [-0.05, 0) is 19.1 Å². The molecule has 1 aromatic carbocycles. The molecule has 2 N–H and O–H groups in total. The van der Waals surface area contributed by atoms with Gasteiger partial charge in [-0.15, -0.1) is 0 Å². The summed E-state index contributed by atoms with van der Waals surface area (Å²) in [5.41, 5.74) is 0.884. The van der Waals surface area contributed by atoms with E-state index in [4.69, 9.17) is 0 Å². The van der Waals surface area contributed by atoms with Gasteiger partial charge < -0.3 is 4.74 Å². The quantitative estimate of drug-likeness (QED) is 0.913. The van der Waals surface area contributed by atoms with Crippen LogP contribution in [0.25, 0.3) is 11.4 Å². The first-order valence-corrected chi connectivity index (χ1v) is 5.83. The molecule has 9 heteroatoms. The minimum Gasteiger partial charge on any atom is -0.440 e. The van der Waals surface area contributed by atoms with E-state index < -0.39 is 18.9 Å². The van der Waals surface area contributed by atoms with E-state index >= 15 is 0 Å². The van der Waals surface area contributed by atoms with Crippen molar-refractivity contribution in [3.8, 4) is 11.4 Å². The van der Waals surface area contributed by atoms with Crippen LogP contribution in [0.5, 0.6) is 0 Å². The van der Waals surface area contributed by atoms with E-state index in [0.29, 0.717) is 17.2 Å². The van der Waals surface area contributed by atoms with Crippen LogP contribution in [0.1, 0.15) is 5.82 Å². The standard InChI is InChI=1S/C12H11F3N4O2/c1-7-16-10(19-18-7)8-3-2-4-9(5-8)17-11(20)21-6-12(13,14)15/h2-5H,6H2,1H3,(H,17,20)(H,16,18,19). The van der Waals surface area contributed by atoms with Crippen LogP contribution in [0.3, 0.4) is 0 Å². The number of aromatic amines is 1. The number of aryl methyl sites for hydroxylation is 1. The van der Waals surface area contributed by atoms with Gasteiger partial charge in [0.25, 0.3) is 0 Å². The molecule has 0 unspecified atom stereocenters. The predicted octanol–water partition coefficient (Wildman–Crippen LogP) is 2.89. The Morgan fingerprint density at radius 2 is 2.19 bits per heavy atom. The molecule has 0 radical (unpaired) electrons. The second-order valence-electron chi connectivity index (χ2n) is 4.14. The van der Waals surface area contributed by atoms with Crippen molar-refractivity contribution in [2.45, 2.75) is 13.1 Å². The van der Waals surface area contributed by atoms with E-state index in [1.807, 2.05) is 0 Å². The molecular weight excluding hydrogens is 289 g/mol. The molecule has 112 valence electrons. The molecule has 21 heavy (non-hydrogen) atoms. The van der Waals surface area contributed by atoms with Gasteiger partial charge in [-0.3, -0.25) is 10.4 Å². The Morgan fingerprint density at radius 1 is 1.43 bits per heavy atom. The third-order valence-electron chi connectivity index (χ3n) is 2.33. The Morgan fingerprint density at radius 3 is 2.81 bits per heavy atom. The molecule has 6 nitrogen and oxygen atoms in total. The Kier molecular flexibility index (Phi) is 4.10. The lowest BCUT2D eigenvalue weighted by molar-refractivity contribution is -0.159. The van der Waals surface area contributed by atoms with Gasteiger partial charge in [0.1, 0.15) is 5.82 Å². The minimum absolute atomic E-state index is 0.280. The number of aromatic nitrogens is 3. The van der Waals surface area contributed by atoms with E-state index in [-0.39, 0.29) is 5.69 Å². The molecule has 0 spiro atoms. The SMILES string of the molecule is Cc1nc(-c2cccc(NC(=O)OCC(F)(F)F)c2)n[nH]1. The lowest BCUT2D eigenvalue weighted by atomic mass is 10.2. The molecule has 1 heterocycles. The third kappa shape index (κ3) is 4.48. The summed E-state index contributed by atoms with van der Waals surface area (Å²) in [6.07, 6.45) is -5.74. The van der Waals surface area contributed by atoms with Gasteiger partial charge in [0.15, 0.2) is 12.4 Å². The van der Waals surface area contributed by atoms with Crippen molar-refractivity contribution in [2.24, 2.45) is 0 Å². The number of hydrogen-bond acceptors (Lipinski definition) is 4. The highest BCUT2D eigenvalue weighted by Crippen LogP contribution is 2.20. The summed E-state index contributed by atoms with van der Waals surface area (Å²) in [6.45, 7) is 0.0890. The molecule has 0 saturated heterocycles. The van der Waals surface area contributed by atoms with E-state index in [1.54, 1.807) is 19.1 Å². The topological polar surface area (TPSA) is 79.9 Å². The lowest BCUT2D eigenvalue weighted by Gasteiger charge is -2.09. The van der Waals surface area contributed by atoms with Crippen LogP contribution < -0.4 is 5.32 Å². The summed E-state index contributed by atoms with van der Waals surface area (Å²) in [4.78, 5) is 15.4. The lowest BCUT2D eigenvalue weighted by Crippen LogP contribution is -2.23. The van der Waals surface area contributed by atoms with Crippen LogP contribution in [0.15, 0.2) is 24.3 Å². The van der Waals surface area contributed by atoms with Crippen molar-refractivity contribution in [2.75, 3.05) is 11.9 Å². The fourth-order valence-electron chi connectivity index (χ4n) is 1.51. The number of alkyl halides is 3. The number of anilines is 1. The molecule has 2 rings (SSSR count). The molecule has 1 amide bonds. The number of halogens is 3. The number of ether oxygens (including phenoxy) is 1. The zero-order chi connectivity index (χ0) is 15.5. The summed E-state index contributed by atoms with van der Waals surface area (Å²) in [5, 5.41) is 8.82. The second kappa shape index (κ2) is 5.81. The van der Waals surface area contributed by atoms with Gasteiger partial charge in [0.05, 0.1) is 0 Å². The Labute approximate surface area is 117 Å². The normalized spacial score (nSPS) is 11.2.